The first-order valence-corrected chi connectivity index (χ1v) is 32.1. The summed E-state index contributed by atoms with van der Waals surface area (Å²) in [7, 11) is 0. The van der Waals surface area contributed by atoms with Gasteiger partial charge in [-0.2, -0.15) is 0 Å². The summed E-state index contributed by atoms with van der Waals surface area (Å²) in [5.41, 5.74) is 0. The van der Waals surface area contributed by atoms with E-state index in [1.54, 1.807) is 0 Å². The van der Waals surface area contributed by atoms with Crippen LogP contribution in [-0.4, -0.2) is 37.2 Å². The van der Waals surface area contributed by atoms with Crippen LogP contribution in [0.4, 0.5) is 0 Å². The molecule has 432 valence electrons. The summed E-state index contributed by atoms with van der Waals surface area (Å²) in [6.45, 7) is 6.51. The Morgan fingerprint density at radius 1 is 0.280 bits per heavy atom. The van der Waals surface area contributed by atoms with E-state index in [4.69, 9.17) is 14.2 Å². The fraction of sp³-hybridized carbons (Fsp3) is 0.754. The fourth-order valence-electron chi connectivity index (χ4n) is 9.05. The third kappa shape index (κ3) is 61.3. The number of esters is 3. The molecule has 0 rings (SSSR count). The van der Waals surface area contributed by atoms with Crippen molar-refractivity contribution in [2.24, 2.45) is 0 Å². The van der Waals surface area contributed by atoms with Crippen LogP contribution in [0, 0.1) is 0 Å². The Morgan fingerprint density at radius 3 is 0.853 bits per heavy atom. The second-order valence-corrected chi connectivity index (χ2v) is 21.3. The molecule has 0 N–H and O–H groups in total. The number of carbonyl (C=O) groups is 3. The molecule has 75 heavy (non-hydrogen) atoms. The maximum atomic E-state index is 12.9. The van der Waals surface area contributed by atoms with Crippen molar-refractivity contribution in [3.05, 3.63) is 85.1 Å². The van der Waals surface area contributed by atoms with Gasteiger partial charge in [-0.3, -0.25) is 14.4 Å². The van der Waals surface area contributed by atoms with Crippen LogP contribution in [-0.2, 0) is 28.6 Å². The average molecular weight is 1050 g/mol. The first kappa shape index (κ1) is 71.6. The Labute approximate surface area is 465 Å². The minimum atomic E-state index is -0.792. The number of carbonyl (C=O) groups excluding carboxylic acids is 3. The summed E-state index contributed by atoms with van der Waals surface area (Å²) in [6, 6.07) is 0. The van der Waals surface area contributed by atoms with Crippen LogP contribution in [0.25, 0.3) is 0 Å². The van der Waals surface area contributed by atoms with E-state index in [2.05, 4.69) is 106 Å². The van der Waals surface area contributed by atoms with E-state index in [9.17, 15) is 14.4 Å². The van der Waals surface area contributed by atoms with E-state index in [-0.39, 0.29) is 31.1 Å². The predicted molar refractivity (Wildman–Crippen MR) is 325 cm³/mol. The van der Waals surface area contributed by atoms with Crippen molar-refractivity contribution < 1.29 is 28.6 Å². The Hall–Kier alpha value is -3.41. The van der Waals surface area contributed by atoms with Gasteiger partial charge in [0.2, 0.25) is 0 Å². The molecule has 0 radical (unpaired) electrons. The second-order valence-electron chi connectivity index (χ2n) is 21.3. The number of unbranched alkanes of at least 4 members (excludes halogenated alkanes) is 33. The number of hydrogen-bond donors (Lipinski definition) is 0. The van der Waals surface area contributed by atoms with E-state index < -0.39 is 6.10 Å². The zero-order chi connectivity index (χ0) is 54.3. The molecule has 0 fully saturated rings. The number of hydrogen-bond acceptors (Lipinski definition) is 6. The number of allylic oxidation sites excluding steroid dienone is 14. The summed E-state index contributed by atoms with van der Waals surface area (Å²) in [4.78, 5) is 38.3. The normalized spacial score (nSPS) is 12.6. The zero-order valence-corrected chi connectivity index (χ0v) is 49.6. The minimum Gasteiger partial charge on any atom is -0.462 e. The van der Waals surface area contributed by atoms with E-state index in [0.29, 0.717) is 19.3 Å². The highest BCUT2D eigenvalue weighted by Crippen LogP contribution is 2.16. The number of rotatable bonds is 58. The molecule has 0 aliphatic heterocycles. The Balaban J connectivity index is 4.40. The van der Waals surface area contributed by atoms with E-state index >= 15 is 0 Å². The Kier molecular flexibility index (Phi) is 60.3. The molecule has 0 amide bonds. The summed E-state index contributed by atoms with van der Waals surface area (Å²) in [5.74, 6) is -0.905. The average Bonchev–Trinajstić information content (AvgIpc) is 3.41. The van der Waals surface area contributed by atoms with Gasteiger partial charge < -0.3 is 14.2 Å². The van der Waals surface area contributed by atoms with Crippen molar-refractivity contribution in [2.45, 2.75) is 322 Å². The van der Waals surface area contributed by atoms with Gasteiger partial charge in [-0.1, -0.05) is 266 Å². The third-order valence-electron chi connectivity index (χ3n) is 13.9. The van der Waals surface area contributed by atoms with Gasteiger partial charge in [0.05, 0.1) is 0 Å². The lowest BCUT2D eigenvalue weighted by molar-refractivity contribution is -0.167. The van der Waals surface area contributed by atoms with Gasteiger partial charge in [0.25, 0.3) is 0 Å². The second kappa shape index (κ2) is 63.1. The Morgan fingerprint density at radius 2 is 0.520 bits per heavy atom. The lowest BCUT2D eigenvalue weighted by Gasteiger charge is -2.18. The molecule has 0 spiro atoms. The predicted octanol–water partition coefficient (Wildman–Crippen LogP) is 21.9. The lowest BCUT2D eigenvalue weighted by Crippen LogP contribution is -2.30. The molecule has 1 atom stereocenters. The van der Waals surface area contributed by atoms with Crippen LogP contribution in [0.1, 0.15) is 316 Å². The van der Waals surface area contributed by atoms with E-state index in [1.807, 2.05) is 0 Å². The first-order valence-electron chi connectivity index (χ1n) is 32.1. The van der Waals surface area contributed by atoms with Crippen LogP contribution in [0.5, 0.6) is 0 Å². The molecule has 1 unspecified atom stereocenters. The smallest absolute Gasteiger partial charge is 0.306 e. The molecule has 0 aromatic heterocycles. The molecule has 0 saturated carbocycles. The number of ether oxygens (including phenoxy) is 3. The SMILES string of the molecule is CC/C=C\C/C=C\C/C=C\C/C=C\CCCCCCC(=O)OCC(COC(=O)CCCCCCCCCCC/C=C\CCCCCCCCCC)OC(=O)CCCCCCCCCCC/C=C\C/C=C\CCCCC. The highest BCUT2D eigenvalue weighted by Gasteiger charge is 2.19. The molecule has 0 bridgehead atoms. The molecule has 6 nitrogen and oxygen atoms in total. The van der Waals surface area contributed by atoms with Crippen LogP contribution in [0.2, 0.25) is 0 Å². The maximum Gasteiger partial charge on any atom is 0.306 e. The standard InChI is InChI=1S/C69H120O6/c1-4-7-10-13-16-19-22-25-28-31-33-34-36-38-41-44-47-50-53-56-59-62-68(71)74-65-66(64-73-67(70)61-58-55-52-49-46-43-40-37-30-27-24-21-18-15-12-9-6-3)75-69(72)63-60-57-54-51-48-45-42-39-35-32-29-26-23-20-17-14-11-8-5-2/h9,12,17-18,20-21,26-27,29-31,33,40,43,66H,4-8,10-11,13-16,19,22-25,28,32,34-39,41-42,44-65H2,1-3H3/b12-9-,20-17-,21-18-,29-26-,30-27-,33-31-,43-40-. The summed E-state index contributed by atoms with van der Waals surface area (Å²) in [6.07, 6.45) is 83.0. The minimum absolute atomic E-state index is 0.0863. The highest BCUT2D eigenvalue weighted by atomic mass is 16.6. The van der Waals surface area contributed by atoms with Crippen LogP contribution in [0.15, 0.2) is 85.1 Å². The van der Waals surface area contributed by atoms with Crippen LogP contribution >= 0.6 is 0 Å². The van der Waals surface area contributed by atoms with Gasteiger partial charge in [0.15, 0.2) is 6.10 Å². The lowest BCUT2D eigenvalue weighted by atomic mass is 10.1. The molecule has 6 heteroatoms. The quantitative estimate of drug-likeness (QED) is 0.0261. The van der Waals surface area contributed by atoms with Crippen molar-refractivity contribution >= 4 is 17.9 Å². The Bertz CT molecular complexity index is 1430. The van der Waals surface area contributed by atoms with Crippen molar-refractivity contribution in [3.8, 4) is 0 Å². The van der Waals surface area contributed by atoms with Gasteiger partial charge >= 0.3 is 17.9 Å². The molecular weight excluding hydrogens is 925 g/mol. The largest absolute Gasteiger partial charge is 0.462 e. The first-order chi connectivity index (χ1) is 37.0. The van der Waals surface area contributed by atoms with Gasteiger partial charge in [-0.05, 0) is 116 Å². The topological polar surface area (TPSA) is 78.9 Å². The molecule has 0 aromatic carbocycles. The van der Waals surface area contributed by atoms with Gasteiger partial charge in [0, 0.05) is 19.3 Å². The molecule has 0 heterocycles. The monoisotopic (exact) mass is 1040 g/mol. The molecule has 0 aliphatic carbocycles. The van der Waals surface area contributed by atoms with E-state index in [0.717, 1.165) is 103 Å². The van der Waals surface area contributed by atoms with Gasteiger partial charge in [-0.15, -0.1) is 0 Å². The van der Waals surface area contributed by atoms with Gasteiger partial charge in [0.1, 0.15) is 13.2 Å². The van der Waals surface area contributed by atoms with Crippen LogP contribution < -0.4 is 0 Å². The van der Waals surface area contributed by atoms with Crippen molar-refractivity contribution in [1.82, 2.24) is 0 Å². The van der Waals surface area contributed by atoms with E-state index in [1.165, 1.54) is 173 Å². The molecular formula is C69H120O6. The van der Waals surface area contributed by atoms with Crippen molar-refractivity contribution in [3.63, 3.8) is 0 Å². The summed E-state index contributed by atoms with van der Waals surface area (Å²) >= 11 is 0. The molecule has 0 aromatic rings. The maximum absolute atomic E-state index is 12.9. The van der Waals surface area contributed by atoms with Crippen molar-refractivity contribution in [2.75, 3.05) is 13.2 Å². The summed E-state index contributed by atoms with van der Waals surface area (Å²) in [5, 5.41) is 0. The van der Waals surface area contributed by atoms with Crippen molar-refractivity contribution in [1.29, 1.82) is 0 Å². The van der Waals surface area contributed by atoms with Crippen LogP contribution in [0.3, 0.4) is 0 Å². The fourth-order valence-corrected chi connectivity index (χ4v) is 9.05. The third-order valence-corrected chi connectivity index (χ3v) is 13.9. The van der Waals surface area contributed by atoms with Gasteiger partial charge in [-0.25, -0.2) is 0 Å². The zero-order valence-electron chi connectivity index (χ0n) is 49.6. The summed E-state index contributed by atoms with van der Waals surface area (Å²) < 4.78 is 16.9. The highest BCUT2D eigenvalue weighted by molar-refractivity contribution is 5.71. The molecule has 0 saturated heterocycles. The molecule has 0 aliphatic rings.